The first-order valence-electron chi connectivity index (χ1n) is 5.99. The summed E-state index contributed by atoms with van der Waals surface area (Å²) in [5, 5.41) is 2.20. The topological polar surface area (TPSA) is 38.7 Å². The average Bonchev–Trinajstić information content (AvgIpc) is 2.24. The van der Waals surface area contributed by atoms with E-state index >= 15 is 0 Å². The molecule has 0 aliphatic heterocycles. The molecule has 1 aromatic heterocycles. The van der Waals surface area contributed by atoms with Crippen LogP contribution in [0.1, 0.15) is 31.9 Å². The van der Waals surface area contributed by atoms with Gasteiger partial charge in [0.2, 0.25) is 5.88 Å². The van der Waals surface area contributed by atoms with Gasteiger partial charge in [0, 0.05) is 17.3 Å². The highest BCUT2D eigenvalue weighted by atomic mass is 19.3. The Bertz CT molecular complexity index is 389. The molecule has 0 spiro atoms. The van der Waals surface area contributed by atoms with Crippen LogP contribution in [0.2, 0.25) is 0 Å². The fourth-order valence-corrected chi connectivity index (χ4v) is 1.45. The average molecular weight is 259 g/mol. The van der Waals surface area contributed by atoms with Gasteiger partial charge in [-0.3, -0.25) is 0 Å². The van der Waals surface area contributed by atoms with Crippen molar-refractivity contribution in [3.63, 3.8) is 0 Å². The summed E-state index contributed by atoms with van der Waals surface area (Å²) in [7, 11) is 0. The summed E-state index contributed by atoms with van der Waals surface area (Å²) in [6.07, 6.45) is -0.795. The molecule has 0 saturated carbocycles. The molecule has 5 heteroatoms. The number of quaternary nitrogens is 1. The van der Waals surface area contributed by atoms with Crippen molar-refractivity contribution in [3.05, 3.63) is 23.4 Å². The monoisotopic (exact) mass is 259 g/mol. The van der Waals surface area contributed by atoms with Crippen molar-refractivity contribution in [3.8, 4) is 5.88 Å². The lowest BCUT2D eigenvalue weighted by atomic mass is 10.1. The molecule has 2 N–H and O–H groups in total. The number of nitrogens with zero attached hydrogens (tertiary/aromatic N) is 1. The summed E-state index contributed by atoms with van der Waals surface area (Å²) < 4.78 is 29.0. The molecule has 0 bridgehead atoms. The lowest BCUT2D eigenvalue weighted by Crippen LogP contribution is -2.92. The van der Waals surface area contributed by atoms with E-state index in [0.29, 0.717) is 0 Å². The molecule has 18 heavy (non-hydrogen) atoms. The summed E-state index contributed by atoms with van der Waals surface area (Å²) in [5.74, 6) is 0.287. The predicted octanol–water partition coefficient (Wildman–Crippen LogP) is 1.90. The third-order valence-electron chi connectivity index (χ3n) is 2.38. The Hall–Kier alpha value is -1.23. The Labute approximate surface area is 107 Å². The van der Waals surface area contributed by atoms with Gasteiger partial charge in [-0.25, -0.2) is 13.8 Å². The Kier molecular flexibility index (Phi) is 5.02. The number of halogens is 2. The normalized spacial score (nSPS) is 11.9. The first-order valence-corrected chi connectivity index (χ1v) is 5.99. The van der Waals surface area contributed by atoms with E-state index in [0.717, 1.165) is 17.7 Å². The molecule has 3 nitrogen and oxygen atoms in total. The Balaban J connectivity index is 2.62. The smallest absolute Gasteiger partial charge is 0.272 e. The first kappa shape index (κ1) is 14.8. The van der Waals surface area contributed by atoms with Gasteiger partial charge in [0.05, 0.1) is 5.54 Å². The highest BCUT2D eigenvalue weighted by Gasteiger charge is 2.14. The molecule has 1 rings (SSSR count). The number of hydrogen-bond donors (Lipinski definition) is 1. The third kappa shape index (κ3) is 5.40. The first-order chi connectivity index (χ1) is 8.28. The zero-order valence-electron chi connectivity index (χ0n) is 11.3. The van der Waals surface area contributed by atoms with Crippen LogP contribution in [0.25, 0.3) is 0 Å². The van der Waals surface area contributed by atoms with Crippen LogP contribution in [0.5, 0.6) is 5.88 Å². The number of nitrogens with two attached hydrogens (primary N) is 1. The van der Waals surface area contributed by atoms with Crippen molar-refractivity contribution in [2.75, 3.05) is 6.61 Å². The van der Waals surface area contributed by atoms with Crippen LogP contribution < -0.4 is 10.1 Å². The highest BCUT2D eigenvalue weighted by Crippen LogP contribution is 2.15. The Morgan fingerprint density at radius 2 is 2.06 bits per heavy atom. The second kappa shape index (κ2) is 6.09. The van der Waals surface area contributed by atoms with Crippen LogP contribution in [0.4, 0.5) is 8.78 Å². The molecule has 0 aliphatic carbocycles. The highest BCUT2D eigenvalue weighted by molar-refractivity contribution is 5.28. The number of hydrogen-bond acceptors (Lipinski definition) is 2. The second-order valence-electron chi connectivity index (χ2n) is 5.44. The van der Waals surface area contributed by atoms with E-state index in [1.165, 1.54) is 0 Å². The van der Waals surface area contributed by atoms with Crippen LogP contribution in [-0.2, 0) is 6.54 Å². The van der Waals surface area contributed by atoms with Crippen molar-refractivity contribution < 1.29 is 18.8 Å². The zero-order valence-corrected chi connectivity index (χ0v) is 11.3. The van der Waals surface area contributed by atoms with E-state index in [1.807, 2.05) is 13.0 Å². The molecule has 1 heterocycles. The minimum absolute atomic E-state index is 0.152. The Morgan fingerprint density at radius 3 is 2.56 bits per heavy atom. The maximum atomic E-state index is 12.0. The molecule has 0 amide bonds. The van der Waals surface area contributed by atoms with Gasteiger partial charge >= 0.3 is 0 Å². The molecule has 0 radical (unpaired) electrons. The van der Waals surface area contributed by atoms with Crippen molar-refractivity contribution in [2.45, 2.75) is 46.2 Å². The molecule has 102 valence electrons. The Morgan fingerprint density at radius 1 is 1.39 bits per heavy atom. The largest absolute Gasteiger partial charge is 0.471 e. The summed E-state index contributed by atoms with van der Waals surface area (Å²) in [6.45, 7) is 8.41. The number of alkyl halides is 2. The van der Waals surface area contributed by atoms with Crippen molar-refractivity contribution >= 4 is 0 Å². The fourth-order valence-electron chi connectivity index (χ4n) is 1.45. The van der Waals surface area contributed by atoms with E-state index in [-0.39, 0.29) is 11.4 Å². The summed E-state index contributed by atoms with van der Waals surface area (Å²) in [6, 6.07) is 1.93. The standard InChI is InChI=1S/C13H20F2N2O/c1-9-5-10(7-17-13(2,3)4)6-16-12(9)18-8-11(14)15/h5-6,11,17H,7-8H2,1-4H3/p+1. The fraction of sp³-hybridized carbons (Fsp3) is 0.615. The quantitative estimate of drug-likeness (QED) is 0.877. The lowest BCUT2D eigenvalue weighted by molar-refractivity contribution is -0.731. The van der Waals surface area contributed by atoms with Gasteiger partial charge in [-0.05, 0) is 33.8 Å². The molecule has 0 aliphatic rings. The molecular formula is C13H21F2N2O+. The van der Waals surface area contributed by atoms with Gasteiger partial charge in [-0.1, -0.05) is 0 Å². The maximum absolute atomic E-state index is 12.0. The SMILES string of the molecule is Cc1cc(C[NH2+]C(C)(C)C)cnc1OCC(F)F. The van der Waals surface area contributed by atoms with Crippen molar-refractivity contribution in [1.29, 1.82) is 0 Å². The molecule has 0 unspecified atom stereocenters. The molecule has 0 saturated heterocycles. The van der Waals surface area contributed by atoms with E-state index in [9.17, 15) is 8.78 Å². The second-order valence-corrected chi connectivity index (χ2v) is 5.44. The van der Waals surface area contributed by atoms with Crippen LogP contribution in [0, 0.1) is 6.92 Å². The molecule has 0 fully saturated rings. The van der Waals surface area contributed by atoms with Crippen LogP contribution in [-0.4, -0.2) is 23.6 Å². The number of rotatable bonds is 5. The van der Waals surface area contributed by atoms with Gasteiger partial charge in [0.15, 0.2) is 6.61 Å². The number of aryl methyl sites for hydroxylation is 1. The molecular weight excluding hydrogens is 238 g/mol. The molecule has 0 aromatic carbocycles. The van der Waals surface area contributed by atoms with Crippen LogP contribution in [0.3, 0.4) is 0 Å². The van der Waals surface area contributed by atoms with E-state index in [1.54, 1.807) is 6.20 Å². The van der Waals surface area contributed by atoms with Crippen molar-refractivity contribution in [1.82, 2.24) is 4.98 Å². The number of pyridine rings is 1. The van der Waals surface area contributed by atoms with Gasteiger partial charge in [-0.2, -0.15) is 0 Å². The minimum atomic E-state index is -2.47. The molecule has 0 atom stereocenters. The summed E-state index contributed by atoms with van der Waals surface area (Å²) in [4.78, 5) is 4.08. The van der Waals surface area contributed by atoms with E-state index < -0.39 is 13.0 Å². The van der Waals surface area contributed by atoms with Gasteiger partial charge in [0.25, 0.3) is 6.43 Å². The van der Waals surface area contributed by atoms with Crippen LogP contribution >= 0.6 is 0 Å². The number of aromatic nitrogens is 1. The predicted molar refractivity (Wildman–Crippen MR) is 65.9 cm³/mol. The van der Waals surface area contributed by atoms with Gasteiger partial charge in [-0.15, -0.1) is 0 Å². The van der Waals surface area contributed by atoms with Gasteiger partial charge in [0.1, 0.15) is 6.54 Å². The maximum Gasteiger partial charge on any atom is 0.272 e. The zero-order chi connectivity index (χ0) is 13.8. The van der Waals surface area contributed by atoms with Crippen molar-refractivity contribution in [2.24, 2.45) is 0 Å². The minimum Gasteiger partial charge on any atom is -0.471 e. The summed E-state index contributed by atoms with van der Waals surface area (Å²) in [5.41, 5.74) is 2.00. The van der Waals surface area contributed by atoms with Crippen LogP contribution in [0.15, 0.2) is 12.3 Å². The van der Waals surface area contributed by atoms with Gasteiger partial charge < -0.3 is 10.1 Å². The third-order valence-corrected chi connectivity index (χ3v) is 2.38. The van der Waals surface area contributed by atoms with E-state index in [4.69, 9.17) is 4.74 Å². The van der Waals surface area contributed by atoms with E-state index in [2.05, 4.69) is 31.1 Å². The molecule has 1 aromatic rings. The lowest BCUT2D eigenvalue weighted by Gasteiger charge is -2.17. The number of ether oxygens (including phenoxy) is 1. The summed E-state index contributed by atoms with van der Waals surface area (Å²) >= 11 is 0.